The maximum atomic E-state index is 6.18. The Morgan fingerprint density at radius 1 is 1.41 bits per heavy atom. The third-order valence-electron chi connectivity index (χ3n) is 2.51. The largest absolute Gasteiger partial charge is 0.240 e. The minimum Gasteiger partial charge on any atom is -0.240 e. The third-order valence-corrected chi connectivity index (χ3v) is 2.75. The molecule has 0 saturated carbocycles. The molecule has 0 heterocycles. The van der Waals surface area contributed by atoms with Crippen LogP contribution in [0.1, 0.15) is 38.3 Å². The molecule has 0 radical (unpaired) electrons. The van der Waals surface area contributed by atoms with Crippen LogP contribution < -0.4 is 0 Å². The SMILES string of the molecule is C=C(C)c1cccc(C)c1N=C(Cl)CC(C)C. The monoisotopic (exact) mass is 249 g/mol. The normalized spacial score (nSPS) is 12.0. The highest BCUT2D eigenvalue weighted by molar-refractivity contribution is 6.65. The lowest BCUT2D eigenvalue weighted by atomic mass is 10.0. The van der Waals surface area contributed by atoms with E-state index >= 15 is 0 Å². The third kappa shape index (κ3) is 4.01. The van der Waals surface area contributed by atoms with E-state index in [1.807, 2.05) is 32.0 Å². The molecule has 0 N–H and O–H groups in total. The predicted octanol–water partition coefficient (Wildman–Crippen LogP) is 5.34. The van der Waals surface area contributed by atoms with Gasteiger partial charge < -0.3 is 0 Å². The zero-order valence-electron chi connectivity index (χ0n) is 11.0. The van der Waals surface area contributed by atoms with Crippen LogP contribution in [0.2, 0.25) is 0 Å². The molecule has 1 nitrogen and oxygen atoms in total. The first kappa shape index (κ1) is 14.0. The van der Waals surface area contributed by atoms with E-state index in [1.54, 1.807) is 0 Å². The summed E-state index contributed by atoms with van der Waals surface area (Å²) in [7, 11) is 0. The molecular formula is C15H20ClN. The minimum atomic E-state index is 0.517. The number of aryl methyl sites for hydroxylation is 1. The molecule has 0 atom stereocenters. The molecule has 0 aromatic heterocycles. The van der Waals surface area contributed by atoms with Crippen LogP contribution in [0.3, 0.4) is 0 Å². The van der Waals surface area contributed by atoms with Crippen molar-refractivity contribution in [3.8, 4) is 0 Å². The smallest absolute Gasteiger partial charge is 0.107 e. The Hall–Kier alpha value is -1.08. The van der Waals surface area contributed by atoms with Gasteiger partial charge in [0, 0.05) is 12.0 Å². The van der Waals surface area contributed by atoms with Gasteiger partial charge in [-0.15, -0.1) is 0 Å². The molecule has 1 aromatic rings. The van der Waals surface area contributed by atoms with Crippen LogP contribution in [0.5, 0.6) is 0 Å². The van der Waals surface area contributed by atoms with E-state index in [2.05, 4.69) is 25.4 Å². The summed E-state index contributed by atoms with van der Waals surface area (Å²) in [6, 6.07) is 6.10. The molecular weight excluding hydrogens is 230 g/mol. The highest BCUT2D eigenvalue weighted by Crippen LogP contribution is 2.29. The highest BCUT2D eigenvalue weighted by atomic mass is 35.5. The minimum absolute atomic E-state index is 0.517. The summed E-state index contributed by atoms with van der Waals surface area (Å²) < 4.78 is 0. The first-order valence-electron chi connectivity index (χ1n) is 5.90. The second-order valence-electron chi connectivity index (χ2n) is 4.84. The van der Waals surface area contributed by atoms with Gasteiger partial charge in [0.25, 0.3) is 0 Å². The lowest BCUT2D eigenvalue weighted by Crippen LogP contribution is -1.95. The van der Waals surface area contributed by atoms with Gasteiger partial charge in [0.05, 0.1) is 5.69 Å². The van der Waals surface area contributed by atoms with E-state index in [9.17, 15) is 0 Å². The zero-order chi connectivity index (χ0) is 13.0. The summed E-state index contributed by atoms with van der Waals surface area (Å²) in [5.74, 6) is 0.517. The van der Waals surface area contributed by atoms with Crippen LogP contribution in [-0.4, -0.2) is 5.17 Å². The van der Waals surface area contributed by atoms with Crippen LogP contribution in [-0.2, 0) is 0 Å². The van der Waals surface area contributed by atoms with Gasteiger partial charge in [-0.3, -0.25) is 0 Å². The Kier molecular flexibility index (Phi) is 4.95. The lowest BCUT2D eigenvalue weighted by molar-refractivity contribution is 0.688. The van der Waals surface area contributed by atoms with Crippen molar-refractivity contribution in [1.82, 2.24) is 0 Å². The van der Waals surface area contributed by atoms with Crippen molar-refractivity contribution in [2.24, 2.45) is 10.9 Å². The molecule has 0 aliphatic carbocycles. The van der Waals surface area contributed by atoms with Gasteiger partial charge in [0.2, 0.25) is 0 Å². The fraction of sp³-hybridized carbons (Fsp3) is 0.400. The number of hydrogen-bond donors (Lipinski definition) is 0. The van der Waals surface area contributed by atoms with Gasteiger partial charge in [0.15, 0.2) is 0 Å². The maximum absolute atomic E-state index is 6.18. The summed E-state index contributed by atoms with van der Waals surface area (Å²) >= 11 is 6.18. The van der Waals surface area contributed by atoms with E-state index in [-0.39, 0.29) is 0 Å². The molecule has 0 amide bonds. The predicted molar refractivity (Wildman–Crippen MR) is 78.3 cm³/mol. The summed E-state index contributed by atoms with van der Waals surface area (Å²) in [5.41, 5.74) is 4.17. The van der Waals surface area contributed by atoms with Gasteiger partial charge in [-0.25, -0.2) is 4.99 Å². The number of nitrogens with zero attached hydrogens (tertiary/aromatic N) is 1. The van der Waals surface area contributed by atoms with Crippen molar-refractivity contribution in [3.63, 3.8) is 0 Å². The van der Waals surface area contributed by atoms with Gasteiger partial charge in [-0.2, -0.15) is 0 Å². The summed E-state index contributed by atoms with van der Waals surface area (Å²) in [6.07, 6.45) is 0.811. The van der Waals surface area contributed by atoms with E-state index in [1.165, 1.54) is 0 Å². The average Bonchev–Trinajstić information content (AvgIpc) is 2.19. The topological polar surface area (TPSA) is 12.4 Å². The molecule has 2 heteroatoms. The Morgan fingerprint density at radius 3 is 2.59 bits per heavy atom. The fourth-order valence-electron chi connectivity index (χ4n) is 1.66. The molecule has 1 rings (SSSR count). The van der Waals surface area contributed by atoms with Crippen LogP contribution in [0.15, 0.2) is 29.8 Å². The van der Waals surface area contributed by atoms with Crippen molar-refractivity contribution in [3.05, 3.63) is 35.9 Å². The van der Waals surface area contributed by atoms with Crippen molar-refractivity contribution < 1.29 is 0 Å². The fourth-order valence-corrected chi connectivity index (χ4v) is 2.05. The van der Waals surface area contributed by atoms with Gasteiger partial charge in [-0.05, 0) is 30.9 Å². The second kappa shape index (κ2) is 6.02. The van der Waals surface area contributed by atoms with E-state index in [4.69, 9.17) is 11.6 Å². The number of allylic oxidation sites excluding steroid dienone is 1. The summed E-state index contributed by atoms with van der Waals surface area (Å²) in [5, 5.41) is 0.664. The molecule has 0 saturated heterocycles. The Morgan fingerprint density at radius 2 is 2.06 bits per heavy atom. The number of para-hydroxylation sites is 1. The molecule has 0 aliphatic heterocycles. The zero-order valence-corrected chi connectivity index (χ0v) is 11.8. The second-order valence-corrected chi connectivity index (χ2v) is 5.27. The van der Waals surface area contributed by atoms with Crippen molar-refractivity contribution in [2.75, 3.05) is 0 Å². The van der Waals surface area contributed by atoms with Gasteiger partial charge in [-0.1, -0.05) is 50.2 Å². The van der Waals surface area contributed by atoms with Crippen LogP contribution in [0, 0.1) is 12.8 Å². The van der Waals surface area contributed by atoms with Gasteiger partial charge >= 0.3 is 0 Å². The maximum Gasteiger partial charge on any atom is 0.107 e. The molecule has 1 aromatic carbocycles. The Balaban J connectivity index is 3.16. The lowest BCUT2D eigenvalue weighted by Gasteiger charge is -2.09. The number of benzene rings is 1. The molecule has 0 aliphatic rings. The van der Waals surface area contributed by atoms with E-state index in [0.29, 0.717) is 11.1 Å². The highest BCUT2D eigenvalue weighted by Gasteiger charge is 2.07. The number of halogens is 1. The van der Waals surface area contributed by atoms with Crippen LogP contribution >= 0.6 is 11.6 Å². The van der Waals surface area contributed by atoms with Crippen molar-refractivity contribution in [1.29, 1.82) is 0 Å². The van der Waals surface area contributed by atoms with Crippen LogP contribution in [0.25, 0.3) is 5.57 Å². The number of rotatable bonds is 4. The van der Waals surface area contributed by atoms with E-state index < -0.39 is 0 Å². The Bertz CT molecular complexity index is 444. The Labute approximate surface area is 109 Å². The molecule has 92 valence electrons. The standard InChI is InChI=1S/C15H20ClN/c1-10(2)9-14(16)17-15-12(5)7-6-8-13(15)11(3)4/h6-8,10H,3,9H2,1-2,4-5H3. The molecule has 0 spiro atoms. The van der Waals surface area contributed by atoms with Crippen molar-refractivity contribution in [2.45, 2.75) is 34.1 Å². The van der Waals surface area contributed by atoms with E-state index in [0.717, 1.165) is 28.8 Å². The number of aliphatic imine (C=N–C) groups is 1. The van der Waals surface area contributed by atoms with Crippen molar-refractivity contribution >= 4 is 28.0 Å². The number of hydrogen-bond acceptors (Lipinski definition) is 1. The summed E-state index contributed by atoms with van der Waals surface area (Å²) in [4.78, 5) is 4.54. The van der Waals surface area contributed by atoms with Crippen LogP contribution in [0.4, 0.5) is 5.69 Å². The summed E-state index contributed by atoms with van der Waals surface area (Å²) in [6.45, 7) is 12.3. The first-order valence-corrected chi connectivity index (χ1v) is 6.28. The van der Waals surface area contributed by atoms with Gasteiger partial charge in [0.1, 0.15) is 5.17 Å². The first-order chi connectivity index (χ1) is 7.91. The molecule has 0 unspecified atom stereocenters. The quantitative estimate of drug-likeness (QED) is 0.639. The molecule has 0 bridgehead atoms. The average molecular weight is 250 g/mol. The molecule has 17 heavy (non-hydrogen) atoms. The molecule has 0 fully saturated rings.